The summed E-state index contributed by atoms with van der Waals surface area (Å²) in [7, 11) is 1.52. The average molecular weight is 1030 g/mol. The van der Waals surface area contributed by atoms with Gasteiger partial charge in [0.1, 0.15) is 19.3 Å². The third-order valence-electron chi connectivity index (χ3n) is 14.2. The van der Waals surface area contributed by atoms with Gasteiger partial charge in [0, 0.05) is 12.8 Å². The summed E-state index contributed by atoms with van der Waals surface area (Å²) in [5, 5.41) is 3.06. The number of unbranched alkanes of at least 4 members (excludes halogenated alkanes) is 41. The molecule has 3 atom stereocenters. The summed E-state index contributed by atoms with van der Waals surface area (Å²) in [6.07, 6.45) is 59.1. The molecule has 0 aliphatic rings. The standard InChI is InChI=1S/C61H121N2O7P/c1-7-10-13-16-19-22-25-28-29-30-31-32-33-36-39-42-45-48-51-54-61(65)70-59(52-49-46-43-40-37-34-26-23-20-17-14-11-8-2)58(57-69-71(66,67)68-56-55-63(4,5)6)62-60(64)53-50-47-44-41-38-35-27-24-21-18-15-12-9-3/h49,52,58-59H,7-48,50-51,53-57H2,1-6H3,(H-,62,64,66,67)/p+1/b52-49-. The Morgan fingerprint density at radius 2 is 0.803 bits per heavy atom. The van der Waals surface area contributed by atoms with Crippen LogP contribution in [-0.4, -0.2) is 74.3 Å². The Hall–Kier alpha value is -1.25. The molecule has 0 saturated carbocycles. The minimum absolute atomic E-state index is 0.0457. The van der Waals surface area contributed by atoms with Crippen LogP contribution in [0, 0.1) is 0 Å². The van der Waals surface area contributed by atoms with Crippen LogP contribution in [0.25, 0.3) is 0 Å². The van der Waals surface area contributed by atoms with E-state index in [0.29, 0.717) is 23.9 Å². The maximum atomic E-state index is 13.5. The fraction of sp³-hybridized carbons (Fsp3) is 0.934. The molecule has 0 aliphatic carbocycles. The molecule has 0 spiro atoms. The molecule has 0 saturated heterocycles. The summed E-state index contributed by atoms with van der Waals surface area (Å²) >= 11 is 0. The van der Waals surface area contributed by atoms with Crippen LogP contribution in [0.1, 0.15) is 316 Å². The van der Waals surface area contributed by atoms with E-state index in [-0.39, 0.29) is 25.1 Å². The first kappa shape index (κ1) is 69.8. The zero-order valence-corrected chi connectivity index (χ0v) is 49.1. The molecule has 0 aromatic heterocycles. The van der Waals surface area contributed by atoms with Gasteiger partial charge in [0.15, 0.2) is 0 Å². The number of likely N-dealkylation sites (N-methyl/N-ethyl adjacent to an activating group) is 1. The second kappa shape index (κ2) is 52.2. The number of carbonyl (C=O) groups is 2. The Labute approximate surface area is 441 Å². The van der Waals surface area contributed by atoms with Crippen molar-refractivity contribution >= 4 is 19.7 Å². The van der Waals surface area contributed by atoms with Crippen molar-refractivity contribution in [1.82, 2.24) is 5.32 Å². The number of amides is 1. The molecule has 0 bridgehead atoms. The Morgan fingerprint density at radius 1 is 0.479 bits per heavy atom. The SMILES string of the molecule is CCCCCCCCCCCCC/C=C\C(OC(=O)CCCCCCCCCCCCCCCCCCCCC)C(COP(=O)(O)OCC[N+](C)(C)C)NC(=O)CCCCCCCCCCCCCCC. The summed E-state index contributed by atoms with van der Waals surface area (Å²) in [5.41, 5.74) is 0. The van der Waals surface area contributed by atoms with Gasteiger partial charge in [0.05, 0.1) is 33.8 Å². The Morgan fingerprint density at radius 3 is 1.15 bits per heavy atom. The van der Waals surface area contributed by atoms with Crippen molar-refractivity contribution in [3.8, 4) is 0 Å². The normalized spacial score (nSPS) is 13.7. The summed E-state index contributed by atoms with van der Waals surface area (Å²) < 4.78 is 30.7. The number of nitrogens with one attached hydrogen (secondary N) is 1. The zero-order chi connectivity index (χ0) is 52.2. The highest BCUT2D eigenvalue weighted by molar-refractivity contribution is 7.47. The van der Waals surface area contributed by atoms with Gasteiger partial charge >= 0.3 is 13.8 Å². The summed E-state index contributed by atoms with van der Waals surface area (Å²) in [5.74, 6) is -0.484. The Bertz CT molecular complexity index is 1230. The van der Waals surface area contributed by atoms with Crippen LogP contribution in [0.3, 0.4) is 0 Å². The molecule has 10 heteroatoms. The smallest absolute Gasteiger partial charge is 0.456 e. The largest absolute Gasteiger partial charge is 0.472 e. The number of quaternary nitrogens is 1. The molecule has 71 heavy (non-hydrogen) atoms. The van der Waals surface area contributed by atoms with Gasteiger partial charge < -0.3 is 19.4 Å². The number of phosphoric ester groups is 1. The second-order valence-electron chi connectivity index (χ2n) is 22.6. The number of esters is 1. The third kappa shape index (κ3) is 53.4. The maximum Gasteiger partial charge on any atom is 0.472 e. The van der Waals surface area contributed by atoms with Crippen molar-refractivity contribution in [3.05, 3.63) is 12.2 Å². The van der Waals surface area contributed by atoms with E-state index in [2.05, 4.69) is 26.1 Å². The van der Waals surface area contributed by atoms with E-state index in [4.69, 9.17) is 13.8 Å². The highest BCUT2D eigenvalue weighted by atomic mass is 31.2. The topological polar surface area (TPSA) is 111 Å². The number of phosphoric acid groups is 1. The van der Waals surface area contributed by atoms with E-state index in [1.54, 1.807) is 0 Å². The van der Waals surface area contributed by atoms with E-state index >= 15 is 0 Å². The van der Waals surface area contributed by atoms with Crippen LogP contribution < -0.4 is 5.32 Å². The van der Waals surface area contributed by atoms with Crippen LogP contribution >= 0.6 is 7.82 Å². The Kier molecular flexibility index (Phi) is 51.3. The first-order chi connectivity index (χ1) is 34.4. The van der Waals surface area contributed by atoms with E-state index in [1.165, 1.54) is 225 Å². The lowest BCUT2D eigenvalue weighted by atomic mass is 10.0. The first-order valence-corrected chi connectivity index (χ1v) is 32.5. The average Bonchev–Trinajstić information content (AvgIpc) is 3.33. The molecular weight excluding hydrogens is 904 g/mol. The van der Waals surface area contributed by atoms with Gasteiger partial charge in [-0.1, -0.05) is 284 Å². The predicted molar refractivity (Wildman–Crippen MR) is 305 cm³/mol. The van der Waals surface area contributed by atoms with E-state index < -0.39 is 20.0 Å². The molecule has 0 aromatic rings. The summed E-state index contributed by atoms with van der Waals surface area (Å²) in [4.78, 5) is 37.7. The summed E-state index contributed by atoms with van der Waals surface area (Å²) in [6.45, 7) is 7.06. The molecule has 0 aliphatic heterocycles. The third-order valence-corrected chi connectivity index (χ3v) is 15.2. The van der Waals surface area contributed by atoms with Gasteiger partial charge in [0.25, 0.3) is 0 Å². The summed E-state index contributed by atoms with van der Waals surface area (Å²) in [6, 6.07) is -0.838. The lowest BCUT2D eigenvalue weighted by Gasteiger charge is -2.27. The molecule has 0 heterocycles. The molecular formula is C61H122N2O7P+. The number of allylic oxidation sites excluding steroid dienone is 1. The van der Waals surface area contributed by atoms with Gasteiger partial charge in [0.2, 0.25) is 5.91 Å². The fourth-order valence-corrected chi connectivity index (χ4v) is 10.1. The van der Waals surface area contributed by atoms with E-state index in [0.717, 1.165) is 57.8 Å². The number of ether oxygens (including phenoxy) is 1. The van der Waals surface area contributed by atoms with Crippen molar-refractivity contribution in [2.45, 2.75) is 328 Å². The molecule has 0 radical (unpaired) electrons. The predicted octanol–water partition coefficient (Wildman–Crippen LogP) is 18.8. The first-order valence-electron chi connectivity index (χ1n) is 31.0. The van der Waals surface area contributed by atoms with Crippen LogP contribution in [0.15, 0.2) is 12.2 Å². The highest BCUT2D eigenvalue weighted by Gasteiger charge is 2.30. The van der Waals surface area contributed by atoms with Crippen LogP contribution in [0.2, 0.25) is 0 Å². The van der Waals surface area contributed by atoms with Gasteiger partial charge in [-0.2, -0.15) is 0 Å². The number of hydrogen-bond donors (Lipinski definition) is 2. The molecule has 3 unspecified atom stereocenters. The minimum atomic E-state index is -4.44. The van der Waals surface area contributed by atoms with Crippen molar-refractivity contribution in [2.75, 3.05) is 40.9 Å². The van der Waals surface area contributed by atoms with E-state index in [1.807, 2.05) is 33.3 Å². The molecule has 9 nitrogen and oxygen atoms in total. The van der Waals surface area contributed by atoms with Crippen molar-refractivity contribution in [2.24, 2.45) is 0 Å². The van der Waals surface area contributed by atoms with Crippen LogP contribution in [-0.2, 0) is 27.9 Å². The van der Waals surface area contributed by atoms with Gasteiger partial charge in [-0.3, -0.25) is 18.6 Å². The lowest BCUT2D eigenvalue weighted by molar-refractivity contribution is -0.870. The van der Waals surface area contributed by atoms with E-state index in [9.17, 15) is 19.0 Å². The number of hydrogen-bond acceptors (Lipinski definition) is 6. The van der Waals surface area contributed by atoms with Gasteiger partial charge in [-0.15, -0.1) is 0 Å². The molecule has 2 N–H and O–H groups in total. The lowest BCUT2D eigenvalue weighted by Crippen LogP contribution is -2.47. The molecule has 1 amide bonds. The van der Waals surface area contributed by atoms with Crippen LogP contribution in [0.5, 0.6) is 0 Å². The monoisotopic (exact) mass is 1030 g/mol. The minimum Gasteiger partial charge on any atom is -0.456 e. The molecule has 422 valence electrons. The molecule has 0 rings (SSSR count). The number of carbonyl (C=O) groups excluding carboxylic acids is 2. The van der Waals surface area contributed by atoms with Crippen molar-refractivity contribution < 1.29 is 37.3 Å². The zero-order valence-electron chi connectivity index (χ0n) is 48.2. The van der Waals surface area contributed by atoms with Crippen molar-refractivity contribution in [1.29, 1.82) is 0 Å². The molecule has 0 fully saturated rings. The second-order valence-corrected chi connectivity index (χ2v) is 24.1. The molecule has 0 aromatic carbocycles. The maximum absolute atomic E-state index is 13.5. The van der Waals surface area contributed by atoms with Gasteiger partial charge in [-0.05, 0) is 31.8 Å². The van der Waals surface area contributed by atoms with Crippen molar-refractivity contribution in [3.63, 3.8) is 0 Å². The number of nitrogens with zero attached hydrogens (tertiary/aromatic N) is 1. The quantitative estimate of drug-likeness (QED) is 0.0205. The van der Waals surface area contributed by atoms with Gasteiger partial charge in [-0.25, -0.2) is 4.57 Å². The van der Waals surface area contributed by atoms with Crippen LogP contribution in [0.4, 0.5) is 0 Å². The highest BCUT2D eigenvalue weighted by Crippen LogP contribution is 2.43. The fourth-order valence-electron chi connectivity index (χ4n) is 9.41. The number of rotatable bonds is 57. The Balaban J connectivity index is 5.22.